The van der Waals surface area contributed by atoms with Crippen LogP contribution < -0.4 is 10.6 Å². The van der Waals surface area contributed by atoms with Crippen molar-refractivity contribution in [2.45, 2.75) is 53.0 Å². The highest BCUT2D eigenvalue weighted by molar-refractivity contribution is 5.96. The molecule has 0 aromatic heterocycles. The summed E-state index contributed by atoms with van der Waals surface area (Å²) in [5.74, 6) is 0.0130. The monoisotopic (exact) mass is 262 g/mol. The Morgan fingerprint density at radius 1 is 1.26 bits per heavy atom. The van der Waals surface area contributed by atoms with E-state index in [2.05, 4.69) is 38.3 Å². The highest BCUT2D eigenvalue weighted by Gasteiger charge is 2.20. The van der Waals surface area contributed by atoms with Gasteiger partial charge in [-0.1, -0.05) is 13.3 Å². The molecule has 0 saturated carbocycles. The summed E-state index contributed by atoms with van der Waals surface area (Å²) in [6, 6.07) is 5.87. The van der Waals surface area contributed by atoms with Gasteiger partial charge in [0.25, 0.3) is 5.91 Å². The van der Waals surface area contributed by atoms with Crippen LogP contribution in [0.1, 0.15) is 56.5 Å². The zero-order chi connectivity index (χ0) is 14.5. The zero-order valence-electron chi connectivity index (χ0n) is 12.8. The first-order valence-corrected chi connectivity index (χ1v) is 7.06. The van der Waals surface area contributed by atoms with E-state index < -0.39 is 0 Å². The maximum Gasteiger partial charge on any atom is 0.251 e. The number of carbonyl (C=O) groups excluding carboxylic acids is 1. The quantitative estimate of drug-likeness (QED) is 0.820. The first-order valence-electron chi connectivity index (χ1n) is 7.06. The molecule has 0 saturated heterocycles. The van der Waals surface area contributed by atoms with E-state index in [1.807, 2.05) is 25.1 Å². The van der Waals surface area contributed by atoms with Crippen molar-refractivity contribution in [1.82, 2.24) is 5.32 Å². The predicted molar refractivity (Wildman–Crippen MR) is 81.8 cm³/mol. The van der Waals surface area contributed by atoms with Gasteiger partial charge < -0.3 is 10.6 Å². The topological polar surface area (TPSA) is 41.1 Å². The van der Waals surface area contributed by atoms with Gasteiger partial charge in [-0.3, -0.25) is 4.79 Å². The molecule has 0 bridgehead atoms. The van der Waals surface area contributed by atoms with Gasteiger partial charge in [0.1, 0.15) is 0 Å². The molecule has 19 heavy (non-hydrogen) atoms. The fraction of sp³-hybridized carbons (Fsp3) is 0.562. The van der Waals surface area contributed by atoms with Crippen LogP contribution in [0.25, 0.3) is 0 Å². The van der Waals surface area contributed by atoms with Crippen LogP contribution >= 0.6 is 0 Å². The number of hydrogen-bond donors (Lipinski definition) is 2. The summed E-state index contributed by atoms with van der Waals surface area (Å²) >= 11 is 0. The minimum Gasteiger partial charge on any atom is -0.385 e. The van der Waals surface area contributed by atoms with Gasteiger partial charge in [-0.25, -0.2) is 0 Å². The number of carbonyl (C=O) groups is 1. The maximum absolute atomic E-state index is 12.3. The minimum absolute atomic E-state index is 0.0130. The van der Waals surface area contributed by atoms with Gasteiger partial charge in [0.2, 0.25) is 0 Å². The molecule has 0 aliphatic rings. The Hall–Kier alpha value is -1.51. The van der Waals surface area contributed by atoms with Gasteiger partial charge in [0, 0.05) is 23.3 Å². The molecule has 1 rings (SSSR count). The molecule has 0 heterocycles. The van der Waals surface area contributed by atoms with Crippen LogP contribution in [0, 0.1) is 6.92 Å². The normalized spacial score (nSPS) is 11.2. The van der Waals surface area contributed by atoms with Crippen LogP contribution in [-0.2, 0) is 0 Å². The Morgan fingerprint density at radius 3 is 2.47 bits per heavy atom. The van der Waals surface area contributed by atoms with Crippen molar-refractivity contribution in [2.24, 2.45) is 0 Å². The lowest BCUT2D eigenvalue weighted by Gasteiger charge is -2.26. The zero-order valence-corrected chi connectivity index (χ0v) is 12.8. The Kier molecular flexibility index (Phi) is 5.40. The van der Waals surface area contributed by atoms with Gasteiger partial charge in [0.15, 0.2) is 0 Å². The number of hydrogen-bond acceptors (Lipinski definition) is 2. The summed E-state index contributed by atoms with van der Waals surface area (Å²) in [7, 11) is 0. The van der Waals surface area contributed by atoms with Gasteiger partial charge in [-0.15, -0.1) is 0 Å². The first kappa shape index (κ1) is 15.5. The lowest BCUT2D eigenvalue weighted by atomic mass is 9.97. The molecule has 0 radical (unpaired) electrons. The molecule has 0 spiro atoms. The minimum atomic E-state index is -0.154. The van der Waals surface area contributed by atoms with Crippen molar-refractivity contribution in [2.75, 3.05) is 11.9 Å². The van der Waals surface area contributed by atoms with E-state index in [4.69, 9.17) is 0 Å². The molecule has 1 aromatic carbocycles. The van der Waals surface area contributed by atoms with Crippen LogP contribution in [0.5, 0.6) is 0 Å². The molecular weight excluding hydrogens is 236 g/mol. The number of aryl methyl sites for hydroxylation is 1. The Bertz CT molecular complexity index is 438. The van der Waals surface area contributed by atoms with E-state index in [-0.39, 0.29) is 11.4 Å². The van der Waals surface area contributed by atoms with Crippen LogP contribution in [-0.4, -0.2) is 18.0 Å². The number of benzene rings is 1. The van der Waals surface area contributed by atoms with Crippen molar-refractivity contribution < 1.29 is 4.79 Å². The Labute approximate surface area is 116 Å². The third kappa shape index (κ3) is 4.58. The van der Waals surface area contributed by atoms with Gasteiger partial charge in [0.05, 0.1) is 0 Å². The summed E-state index contributed by atoms with van der Waals surface area (Å²) in [6.07, 6.45) is 2.04. The third-order valence-electron chi connectivity index (χ3n) is 3.18. The standard InChI is InChI=1S/C16H26N2O/c1-6-10-16(4,5)18-15(19)14-9-8-13(17-7-2)11-12(14)3/h8-9,11,17H,6-7,10H2,1-5H3,(H,18,19). The molecule has 3 heteroatoms. The molecule has 106 valence electrons. The lowest BCUT2D eigenvalue weighted by molar-refractivity contribution is 0.0908. The van der Waals surface area contributed by atoms with E-state index in [1.54, 1.807) is 0 Å². The van der Waals surface area contributed by atoms with Crippen LogP contribution in [0.2, 0.25) is 0 Å². The van der Waals surface area contributed by atoms with Gasteiger partial charge in [-0.05, 0) is 57.9 Å². The Morgan fingerprint density at radius 2 is 1.95 bits per heavy atom. The van der Waals surface area contributed by atoms with Crippen molar-refractivity contribution in [1.29, 1.82) is 0 Å². The van der Waals surface area contributed by atoms with Crippen molar-refractivity contribution >= 4 is 11.6 Å². The highest BCUT2D eigenvalue weighted by Crippen LogP contribution is 2.17. The fourth-order valence-corrected chi connectivity index (χ4v) is 2.29. The molecule has 0 atom stereocenters. The number of nitrogens with one attached hydrogen (secondary N) is 2. The molecule has 0 aliphatic heterocycles. The van der Waals surface area contributed by atoms with Crippen LogP contribution in [0.4, 0.5) is 5.69 Å². The molecule has 0 aliphatic carbocycles. The smallest absolute Gasteiger partial charge is 0.251 e. The summed E-state index contributed by atoms with van der Waals surface area (Å²) in [5, 5.41) is 6.36. The fourth-order valence-electron chi connectivity index (χ4n) is 2.29. The second-order valence-corrected chi connectivity index (χ2v) is 5.65. The summed E-state index contributed by atoms with van der Waals surface area (Å²) in [6.45, 7) is 11.2. The van der Waals surface area contributed by atoms with E-state index in [0.717, 1.165) is 36.2 Å². The molecule has 2 N–H and O–H groups in total. The number of rotatable bonds is 6. The van der Waals surface area contributed by atoms with Crippen LogP contribution in [0.3, 0.4) is 0 Å². The van der Waals surface area contributed by atoms with Gasteiger partial charge >= 0.3 is 0 Å². The molecule has 1 aromatic rings. The van der Waals surface area contributed by atoms with E-state index >= 15 is 0 Å². The predicted octanol–water partition coefficient (Wildman–Crippen LogP) is 3.74. The largest absolute Gasteiger partial charge is 0.385 e. The van der Waals surface area contributed by atoms with Gasteiger partial charge in [-0.2, -0.15) is 0 Å². The SMILES string of the molecule is CCCC(C)(C)NC(=O)c1ccc(NCC)cc1C. The van der Waals surface area contributed by atoms with E-state index in [1.165, 1.54) is 0 Å². The molecule has 0 unspecified atom stereocenters. The Balaban J connectivity index is 2.83. The first-order chi connectivity index (χ1) is 8.89. The summed E-state index contributed by atoms with van der Waals surface area (Å²) < 4.78 is 0. The van der Waals surface area contributed by atoms with Crippen molar-refractivity contribution in [3.05, 3.63) is 29.3 Å². The highest BCUT2D eigenvalue weighted by atomic mass is 16.1. The van der Waals surface area contributed by atoms with Crippen LogP contribution in [0.15, 0.2) is 18.2 Å². The number of anilines is 1. The molecular formula is C16H26N2O. The second-order valence-electron chi connectivity index (χ2n) is 5.65. The number of amides is 1. The third-order valence-corrected chi connectivity index (χ3v) is 3.18. The maximum atomic E-state index is 12.3. The molecule has 1 amide bonds. The summed E-state index contributed by atoms with van der Waals surface area (Å²) in [4.78, 5) is 12.3. The molecule has 3 nitrogen and oxygen atoms in total. The van der Waals surface area contributed by atoms with E-state index in [0.29, 0.717) is 0 Å². The average Bonchev–Trinajstić information content (AvgIpc) is 2.28. The average molecular weight is 262 g/mol. The molecule has 0 fully saturated rings. The van der Waals surface area contributed by atoms with Crippen molar-refractivity contribution in [3.63, 3.8) is 0 Å². The van der Waals surface area contributed by atoms with Crippen molar-refractivity contribution in [3.8, 4) is 0 Å². The lowest BCUT2D eigenvalue weighted by Crippen LogP contribution is -2.43. The second kappa shape index (κ2) is 6.60. The van der Waals surface area contributed by atoms with E-state index in [9.17, 15) is 4.79 Å². The summed E-state index contributed by atoms with van der Waals surface area (Å²) in [5.41, 5.74) is 2.66.